The molecule has 84 valence electrons. The van der Waals surface area contributed by atoms with Gasteiger partial charge in [0.1, 0.15) is 6.04 Å². The third-order valence-electron chi connectivity index (χ3n) is 4.59. The summed E-state index contributed by atoms with van der Waals surface area (Å²) in [5.74, 6) is 0.821. The Morgan fingerprint density at radius 3 is 2.53 bits per heavy atom. The molecule has 2 bridgehead atoms. The van der Waals surface area contributed by atoms with E-state index in [2.05, 4.69) is 12.2 Å². The van der Waals surface area contributed by atoms with Crippen LogP contribution in [0, 0.1) is 0 Å². The molecule has 1 spiro atoms. The molecule has 2 unspecified atom stereocenters. The van der Waals surface area contributed by atoms with Crippen LogP contribution in [0.3, 0.4) is 0 Å². The van der Waals surface area contributed by atoms with Gasteiger partial charge in [-0.15, -0.1) is 0 Å². The number of nitrogens with zero attached hydrogens (tertiary/aromatic N) is 1. The molecular weight excluding hydrogens is 210 g/mol. The zero-order valence-electron chi connectivity index (χ0n) is 8.93. The van der Waals surface area contributed by atoms with E-state index in [0.717, 1.165) is 30.0 Å². The average Bonchev–Trinajstić information content (AvgIpc) is 2.40. The average molecular weight is 228 g/mol. The van der Waals surface area contributed by atoms with Crippen LogP contribution in [0.15, 0.2) is 12.2 Å². The van der Waals surface area contributed by atoms with Crippen LogP contribution in [0.2, 0.25) is 0 Å². The summed E-state index contributed by atoms with van der Waals surface area (Å²) in [6.45, 7) is 1.73. The first-order valence-electron chi connectivity index (χ1n) is 5.86. The van der Waals surface area contributed by atoms with Gasteiger partial charge in [-0.1, -0.05) is 6.08 Å². The molecule has 0 aliphatic carbocycles. The van der Waals surface area contributed by atoms with Gasteiger partial charge in [0.25, 0.3) is 0 Å². The first-order chi connectivity index (χ1) is 7.12. The Bertz CT molecular complexity index is 385. The van der Waals surface area contributed by atoms with E-state index in [-0.39, 0.29) is 0 Å². The molecule has 0 amide bonds. The van der Waals surface area contributed by atoms with Crippen LogP contribution in [0.4, 0.5) is 0 Å². The highest BCUT2D eigenvalue weighted by atomic mass is 32.2. The number of quaternary nitrogens is 1. The third kappa shape index (κ3) is 1.38. The van der Waals surface area contributed by atoms with E-state index in [1.165, 1.54) is 12.8 Å². The normalized spacial score (nSPS) is 40.8. The van der Waals surface area contributed by atoms with E-state index in [9.17, 15) is 8.42 Å². The molecule has 3 heterocycles. The molecule has 3 aliphatic rings. The maximum absolute atomic E-state index is 11.5. The maximum Gasteiger partial charge on any atom is 0.161 e. The van der Waals surface area contributed by atoms with Gasteiger partial charge in [-0.3, -0.25) is 0 Å². The van der Waals surface area contributed by atoms with E-state index in [0.29, 0.717) is 17.5 Å². The monoisotopic (exact) mass is 228 g/mol. The van der Waals surface area contributed by atoms with E-state index >= 15 is 0 Å². The predicted octanol–water partition coefficient (Wildman–Crippen LogP) is 0.723. The molecule has 2 saturated heterocycles. The molecule has 0 saturated carbocycles. The van der Waals surface area contributed by atoms with Crippen LogP contribution in [0.5, 0.6) is 0 Å². The minimum atomic E-state index is -2.72. The summed E-state index contributed by atoms with van der Waals surface area (Å²) in [5, 5.41) is 0. The highest BCUT2D eigenvalue weighted by Crippen LogP contribution is 2.40. The highest BCUT2D eigenvalue weighted by molar-refractivity contribution is 7.91. The summed E-state index contributed by atoms with van der Waals surface area (Å²) in [7, 11) is -2.72. The minimum absolute atomic E-state index is 0.411. The summed E-state index contributed by atoms with van der Waals surface area (Å²) < 4.78 is 24.1. The highest BCUT2D eigenvalue weighted by Gasteiger charge is 2.51. The van der Waals surface area contributed by atoms with Crippen molar-refractivity contribution in [2.24, 2.45) is 0 Å². The van der Waals surface area contributed by atoms with Crippen molar-refractivity contribution in [2.75, 3.05) is 24.6 Å². The molecule has 2 atom stereocenters. The fourth-order valence-electron chi connectivity index (χ4n) is 3.67. The van der Waals surface area contributed by atoms with E-state index in [4.69, 9.17) is 0 Å². The second kappa shape index (κ2) is 3.08. The number of hydrogen-bond acceptors (Lipinski definition) is 2. The van der Waals surface area contributed by atoms with Crippen molar-refractivity contribution >= 4 is 9.84 Å². The van der Waals surface area contributed by atoms with Gasteiger partial charge < -0.3 is 4.48 Å². The summed E-state index contributed by atoms with van der Waals surface area (Å²) in [6.07, 6.45) is 8.35. The van der Waals surface area contributed by atoms with Gasteiger partial charge in [0.2, 0.25) is 0 Å². The van der Waals surface area contributed by atoms with Crippen molar-refractivity contribution in [3.05, 3.63) is 12.2 Å². The molecule has 0 aromatic carbocycles. The third-order valence-corrected chi connectivity index (χ3v) is 6.20. The lowest BCUT2D eigenvalue weighted by molar-refractivity contribution is -0.953. The second-order valence-corrected chi connectivity index (χ2v) is 7.47. The van der Waals surface area contributed by atoms with Crippen LogP contribution in [0.25, 0.3) is 0 Å². The summed E-state index contributed by atoms with van der Waals surface area (Å²) in [6, 6.07) is 1.34. The minimum Gasteiger partial charge on any atom is -0.314 e. The van der Waals surface area contributed by atoms with Crippen molar-refractivity contribution < 1.29 is 12.9 Å². The Kier molecular flexibility index (Phi) is 2.02. The van der Waals surface area contributed by atoms with Gasteiger partial charge in [0, 0.05) is 19.3 Å². The Hall–Kier alpha value is -0.350. The van der Waals surface area contributed by atoms with Gasteiger partial charge in [0.05, 0.1) is 30.6 Å². The fourth-order valence-corrected chi connectivity index (χ4v) is 5.11. The Morgan fingerprint density at radius 1 is 1.13 bits per heavy atom. The first-order valence-corrected chi connectivity index (χ1v) is 7.68. The van der Waals surface area contributed by atoms with Crippen LogP contribution in [0.1, 0.15) is 19.3 Å². The zero-order valence-corrected chi connectivity index (χ0v) is 9.75. The van der Waals surface area contributed by atoms with E-state index in [1.807, 2.05) is 0 Å². The van der Waals surface area contributed by atoms with Crippen molar-refractivity contribution in [1.29, 1.82) is 0 Å². The molecule has 0 aromatic rings. The van der Waals surface area contributed by atoms with Crippen LogP contribution in [-0.4, -0.2) is 49.6 Å². The molecule has 4 heteroatoms. The van der Waals surface area contributed by atoms with Gasteiger partial charge in [-0.2, -0.15) is 0 Å². The lowest BCUT2D eigenvalue weighted by atomic mass is 10.1. The zero-order chi connectivity index (χ0) is 10.5. The molecule has 0 aromatic heterocycles. The summed E-state index contributed by atoms with van der Waals surface area (Å²) in [5.41, 5.74) is 0. The molecule has 0 radical (unpaired) electrons. The van der Waals surface area contributed by atoms with Crippen LogP contribution in [-0.2, 0) is 9.84 Å². The topological polar surface area (TPSA) is 34.1 Å². The van der Waals surface area contributed by atoms with Crippen molar-refractivity contribution in [3.8, 4) is 0 Å². The van der Waals surface area contributed by atoms with Crippen molar-refractivity contribution in [1.82, 2.24) is 0 Å². The SMILES string of the molecule is O=S1(=O)CC[N+]2(CC1)C1C=CCC2CC1. The predicted molar refractivity (Wildman–Crippen MR) is 59.2 cm³/mol. The molecule has 3 nitrogen and oxygen atoms in total. The quantitative estimate of drug-likeness (QED) is 0.452. The van der Waals surface area contributed by atoms with E-state index < -0.39 is 9.84 Å². The number of rotatable bonds is 0. The lowest BCUT2D eigenvalue weighted by Crippen LogP contribution is -2.63. The Labute approximate surface area is 91.3 Å². The largest absolute Gasteiger partial charge is 0.314 e. The van der Waals surface area contributed by atoms with Crippen molar-refractivity contribution in [3.63, 3.8) is 0 Å². The molecule has 0 N–H and O–H groups in total. The summed E-state index contributed by atoms with van der Waals surface area (Å²) in [4.78, 5) is 0. The lowest BCUT2D eigenvalue weighted by Gasteiger charge is -2.47. The van der Waals surface area contributed by atoms with E-state index in [1.54, 1.807) is 0 Å². The fraction of sp³-hybridized carbons (Fsp3) is 0.818. The van der Waals surface area contributed by atoms with Gasteiger partial charge in [-0.05, 0) is 6.08 Å². The smallest absolute Gasteiger partial charge is 0.161 e. The van der Waals surface area contributed by atoms with Gasteiger partial charge in [0.15, 0.2) is 9.84 Å². The van der Waals surface area contributed by atoms with Gasteiger partial charge in [-0.25, -0.2) is 8.42 Å². The molecule has 3 aliphatic heterocycles. The second-order valence-electron chi connectivity index (χ2n) is 5.16. The Morgan fingerprint density at radius 2 is 1.87 bits per heavy atom. The Balaban J connectivity index is 1.90. The number of hydrogen-bond donors (Lipinski definition) is 0. The van der Waals surface area contributed by atoms with Crippen LogP contribution >= 0.6 is 0 Å². The van der Waals surface area contributed by atoms with Crippen LogP contribution < -0.4 is 0 Å². The molecule has 2 fully saturated rings. The molecule has 15 heavy (non-hydrogen) atoms. The molecular formula is C11H18NO2S+. The maximum atomic E-state index is 11.5. The number of sulfone groups is 1. The van der Waals surface area contributed by atoms with Gasteiger partial charge >= 0.3 is 0 Å². The summed E-state index contributed by atoms with van der Waals surface area (Å²) >= 11 is 0. The molecule has 3 rings (SSSR count). The standard InChI is InChI=1S/C11H18NO2S/c13-15(14)8-6-12(7-9-15)10-2-1-3-11(12)5-4-10/h1-2,10-11H,3-9H2/q+1. The van der Waals surface area contributed by atoms with Crippen molar-refractivity contribution in [2.45, 2.75) is 31.3 Å². The first kappa shape index (κ1) is 9.85.